The number of hydrogen-bond acceptors (Lipinski definition) is 2. The Kier molecular flexibility index (Phi) is 4.49. The Morgan fingerprint density at radius 1 is 1.29 bits per heavy atom. The van der Waals surface area contributed by atoms with Crippen LogP contribution in [0.25, 0.3) is 0 Å². The fraction of sp³-hybridized carbons (Fsp3) is 0.500. The van der Waals surface area contributed by atoms with Gasteiger partial charge < -0.3 is 4.90 Å². The van der Waals surface area contributed by atoms with Gasteiger partial charge in [0.15, 0.2) is 0 Å². The number of rotatable bonds is 4. The zero-order valence-corrected chi connectivity index (χ0v) is 10.1. The van der Waals surface area contributed by atoms with Gasteiger partial charge in [0.05, 0.1) is 0 Å². The molecule has 1 rings (SSSR count). The molecule has 0 aliphatic heterocycles. The van der Waals surface area contributed by atoms with Crippen LogP contribution < -0.4 is 0 Å². The molecule has 0 aliphatic rings. The predicted molar refractivity (Wildman–Crippen MR) is 66.1 cm³/mol. The van der Waals surface area contributed by atoms with Gasteiger partial charge in [0.1, 0.15) is 0 Å². The first-order valence-electron chi connectivity index (χ1n) is 4.99. The minimum absolute atomic E-state index is 0.918. The van der Waals surface area contributed by atoms with Crippen LogP contribution in [0, 0.1) is 13.8 Å². The Bertz CT molecular complexity index is 296. The summed E-state index contributed by atoms with van der Waals surface area (Å²) in [5, 5.41) is 0. The van der Waals surface area contributed by atoms with Gasteiger partial charge >= 0.3 is 0 Å². The second kappa shape index (κ2) is 5.42. The van der Waals surface area contributed by atoms with Gasteiger partial charge in [0, 0.05) is 18.8 Å². The minimum Gasteiger partial charge on any atom is -0.301 e. The highest BCUT2D eigenvalue weighted by atomic mass is 32.1. The second-order valence-corrected chi connectivity index (χ2v) is 4.34. The quantitative estimate of drug-likeness (QED) is 0.746. The first-order valence-corrected chi connectivity index (χ1v) is 5.62. The van der Waals surface area contributed by atoms with Crippen molar-refractivity contribution in [1.82, 2.24) is 4.90 Å². The lowest BCUT2D eigenvalue weighted by Crippen LogP contribution is -2.20. The van der Waals surface area contributed by atoms with Gasteiger partial charge in [-0.25, -0.2) is 0 Å². The predicted octanol–water partition coefficient (Wildman–Crippen LogP) is 2.67. The average molecular weight is 209 g/mol. The maximum atomic E-state index is 4.23. The Morgan fingerprint density at radius 2 is 2.00 bits per heavy atom. The molecule has 14 heavy (non-hydrogen) atoms. The van der Waals surface area contributed by atoms with Crippen LogP contribution in [-0.4, -0.2) is 24.2 Å². The smallest absolute Gasteiger partial charge is 0.0233 e. The van der Waals surface area contributed by atoms with Crippen molar-refractivity contribution >= 4 is 12.6 Å². The molecule has 2 heteroatoms. The summed E-state index contributed by atoms with van der Waals surface area (Å²) < 4.78 is 0. The molecule has 0 unspecified atom stereocenters. The molecule has 0 saturated carbocycles. The maximum Gasteiger partial charge on any atom is 0.0233 e. The van der Waals surface area contributed by atoms with Crippen molar-refractivity contribution in [3.8, 4) is 0 Å². The molecule has 0 radical (unpaired) electrons. The van der Waals surface area contributed by atoms with Crippen LogP contribution >= 0.6 is 12.6 Å². The maximum absolute atomic E-state index is 4.23. The van der Waals surface area contributed by atoms with E-state index in [2.05, 4.69) is 56.6 Å². The van der Waals surface area contributed by atoms with E-state index >= 15 is 0 Å². The van der Waals surface area contributed by atoms with Crippen LogP contribution in [0.2, 0.25) is 0 Å². The highest BCUT2D eigenvalue weighted by molar-refractivity contribution is 7.80. The van der Waals surface area contributed by atoms with Crippen molar-refractivity contribution in [2.75, 3.05) is 19.3 Å². The molecule has 0 saturated heterocycles. The lowest BCUT2D eigenvalue weighted by molar-refractivity contribution is 0.348. The summed E-state index contributed by atoms with van der Waals surface area (Å²) in [6.07, 6.45) is 0. The van der Waals surface area contributed by atoms with Gasteiger partial charge in [-0.15, -0.1) is 0 Å². The first-order chi connectivity index (χ1) is 6.63. The normalized spacial score (nSPS) is 10.9. The van der Waals surface area contributed by atoms with E-state index in [4.69, 9.17) is 0 Å². The van der Waals surface area contributed by atoms with Gasteiger partial charge in [-0.3, -0.25) is 0 Å². The molecule has 0 spiro atoms. The monoisotopic (exact) mass is 209 g/mol. The molecule has 0 N–H and O–H groups in total. The summed E-state index contributed by atoms with van der Waals surface area (Å²) in [5.74, 6) is 0.918. The molecule has 0 heterocycles. The third-order valence-electron chi connectivity index (χ3n) is 2.42. The van der Waals surface area contributed by atoms with Crippen molar-refractivity contribution in [3.63, 3.8) is 0 Å². The molecule has 0 fully saturated rings. The molecule has 1 aromatic rings. The molecule has 0 atom stereocenters. The SMILES string of the molecule is Cc1ccc(CN(C)CCS)c(C)c1. The standard InChI is InChI=1S/C12H19NS/c1-10-4-5-12(11(2)8-10)9-13(3)6-7-14/h4-5,8,14H,6-7,9H2,1-3H3. The molecule has 0 aliphatic carbocycles. The number of hydrogen-bond donors (Lipinski definition) is 1. The minimum atomic E-state index is 0.918. The largest absolute Gasteiger partial charge is 0.301 e. The first kappa shape index (κ1) is 11.6. The van der Waals surface area contributed by atoms with Crippen molar-refractivity contribution in [2.24, 2.45) is 0 Å². The Labute approximate surface area is 92.5 Å². The number of thiol groups is 1. The second-order valence-electron chi connectivity index (χ2n) is 3.89. The summed E-state index contributed by atoms with van der Waals surface area (Å²) in [4.78, 5) is 2.30. The van der Waals surface area contributed by atoms with Crippen LogP contribution in [0.5, 0.6) is 0 Å². The molecule has 0 aromatic heterocycles. The van der Waals surface area contributed by atoms with Gasteiger partial charge in [0.25, 0.3) is 0 Å². The summed E-state index contributed by atoms with van der Waals surface area (Å²) in [6, 6.07) is 6.64. The fourth-order valence-corrected chi connectivity index (χ4v) is 1.91. The molecule has 1 aromatic carbocycles. The van der Waals surface area contributed by atoms with Crippen LogP contribution in [0.4, 0.5) is 0 Å². The fourth-order valence-electron chi connectivity index (χ4n) is 1.56. The van der Waals surface area contributed by atoms with Crippen molar-refractivity contribution < 1.29 is 0 Å². The van der Waals surface area contributed by atoms with Gasteiger partial charge in [-0.1, -0.05) is 23.8 Å². The summed E-state index contributed by atoms with van der Waals surface area (Å²) in [5.41, 5.74) is 4.14. The summed E-state index contributed by atoms with van der Waals surface area (Å²) >= 11 is 4.23. The van der Waals surface area contributed by atoms with E-state index < -0.39 is 0 Å². The van der Waals surface area contributed by atoms with Crippen LogP contribution in [0.3, 0.4) is 0 Å². The highest BCUT2D eigenvalue weighted by Crippen LogP contribution is 2.12. The summed E-state index contributed by atoms with van der Waals surface area (Å²) in [6.45, 7) is 6.37. The van der Waals surface area contributed by atoms with Gasteiger partial charge in [0.2, 0.25) is 0 Å². The molecule has 0 amide bonds. The number of nitrogens with zero attached hydrogens (tertiary/aromatic N) is 1. The van der Waals surface area contributed by atoms with Crippen LogP contribution in [0.1, 0.15) is 16.7 Å². The third kappa shape index (κ3) is 3.35. The van der Waals surface area contributed by atoms with Crippen LogP contribution in [0.15, 0.2) is 18.2 Å². The molecule has 1 nitrogen and oxygen atoms in total. The number of aryl methyl sites for hydroxylation is 2. The Hall–Kier alpha value is -0.470. The van der Waals surface area contributed by atoms with E-state index in [0.717, 1.165) is 18.8 Å². The zero-order valence-electron chi connectivity index (χ0n) is 9.25. The molecule has 78 valence electrons. The molecule has 0 bridgehead atoms. The van der Waals surface area contributed by atoms with E-state index in [-0.39, 0.29) is 0 Å². The number of benzene rings is 1. The van der Waals surface area contributed by atoms with Crippen LogP contribution in [-0.2, 0) is 6.54 Å². The van der Waals surface area contributed by atoms with Crippen molar-refractivity contribution in [1.29, 1.82) is 0 Å². The van der Waals surface area contributed by atoms with E-state index in [1.165, 1.54) is 16.7 Å². The lowest BCUT2D eigenvalue weighted by atomic mass is 10.1. The van der Waals surface area contributed by atoms with E-state index in [9.17, 15) is 0 Å². The zero-order chi connectivity index (χ0) is 10.6. The van der Waals surface area contributed by atoms with Gasteiger partial charge in [-0.2, -0.15) is 12.6 Å². The van der Waals surface area contributed by atoms with Crippen molar-refractivity contribution in [2.45, 2.75) is 20.4 Å². The summed E-state index contributed by atoms with van der Waals surface area (Å²) in [7, 11) is 2.13. The highest BCUT2D eigenvalue weighted by Gasteiger charge is 2.02. The molecular formula is C12H19NS. The topological polar surface area (TPSA) is 3.24 Å². The Morgan fingerprint density at radius 3 is 2.57 bits per heavy atom. The lowest BCUT2D eigenvalue weighted by Gasteiger charge is -2.16. The average Bonchev–Trinajstić information content (AvgIpc) is 2.10. The third-order valence-corrected chi connectivity index (χ3v) is 2.62. The van der Waals surface area contributed by atoms with Gasteiger partial charge in [-0.05, 0) is 32.0 Å². The van der Waals surface area contributed by atoms with E-state index in [1.54, 1.807) is 0 Å². The van der Waals surface area contributed by atoms with E-state index in [0.29, 0.717) is 0 Å². The van der Waals surface area contributed by atoms with Crippen molar-refractivity contribution in [3.05, 3.63) is 34.9 Å². The van der Waals surface area contributed by atoms with E-state index in [1.807, 2.05) is 0 Å². The Balaban J connectivity index is 2.67. The molecular weight excluding hydrogens is 190 g/mol.